The molecule has 4 nitrogen and oxygen atoms in total. The van der Waals surface area contributed by atoms with Crippen LogP contribution in [0.5, 0.6) is 11.5 Å². The van der Waals surface area contributed by atoms with E-state index in [1.54, 1.807) is 0 Å². The van der Waals surface area contributed by atoms with Gasteiger partial charge in [-0.05, 0) is 85.4 Å². The Hall–Kier alpha value is -2.28. The van der Waals surface area contributed by atoms with Crippen molar-refractivity contribution in [2.75, 3.05) is 13.2 Å². The molecule has 6 heteroatoms. The third kappa shape index (κ3) is 10.4. The number of aryl methyl sites for hydroxylation is 2. The summed E-state index contributed by atoms with van der Waals surface area (Å²) in [6, 6.07) is 23.9. The Kier molecular flexibility index (Phi) is 12.9. The van der Waals surface area contributed by atoms with Crippen molar-refractivity contribution in [3.05, 3.63) is 88.4 Å². The molecule has 0 aliphatic carbocycles. The van der Waals surface area contributed by atoms with Gasteiger partial charge in [-0.3, -0.25) is 0 Å². The van der Waals surface area contributed by atoms with Gasteiger partial charge in [-0.1, -0.05) is 84.1 Å². The van der Waals surface area contributed by atoms with Gasteiger partial charge < -0.3 is 19.5 Å². The fraction of sp³-hybridized carbons (Fsp3) is 0.400. The van der Waals surface area contributed by atoms with Crippen LogP contribution in [0.4, 0.5) is 0 Å². The lowest BCUT2D eigenvalue weighted by Gasteiger charge is -2.14. The van der Waals surface area contributed by atoms with E-state index in [9.17, 15) is 10.0 Å². The molecule has 0 bridgehead atoms. The second-order valence-electron chi connectivity index (χ2n) is 9.17. The van der Waals surface area contributed by atoms with E-state index >= 15 is 0 Å². The van der Waals surface area contributed by atoms with Crippen molar-refractivity contribution in [3.63, 3.8) is 0 Å². The van der Waals surface area contributed by atoms with Crippen molar-refractivity contribution < 1.29 is 19.5 Å². The Morgan fingerprint density at radius 3 is 1.56 bits per heavy atom. The van der Waals surface area contributed by atoms with Crippen LogP contribution in [0, 0.1) is 0 Å². The molecule has 0 saturated carbocycles. The number of hydrogen-bond donors (Lipinski definition) is 2. The summed E-state index contributed by atoms with van der Waals surface area (Å²) in [6.07, 6.45) is 10.3. The van der Waals surface area contributed by atoms with Crippen molar-refractivity contribution >= 4 is 28.5 Å². The third-order valence-corrected chi connectivity index (χ3v) is 7.03. The molecule has 3 aromatic carbocycles. The van der Waals surface area contributed by atoms with E-state index in [1.807, 2.05) is 66.7 Å². The number of unbranched alkanes of at least 4 members (excludes halogenated alkanes) is 6. The molecule has 0 spiro atoms. The smallest absolute Gasteiger partial charge is 0.488 e. The number of ether oxygens (including phenoxy) is 2. The maximum absolute atomic E-state index is 9.97. The zero-order chi connectivity index (χ0) is 25.4. The molecule has 0 atom stereocenters. The summed E-state index contributed by atoms with van der Waals surface area (Å²) in [6.45, 7) is 1.47. The minimum absolute atomic E-state index is 0.636. The molecule has 3 rings (SSSR count). The van der Waals surface area contributed by atoms with E-state index in [0.717, 1.165) is 105 Å². The first kappa shape index (κ1) is 28.3. The number of rotatable bonds is 17. The fourth-order valence-electron chi connectivity index (χ4n) is 4.28. The molecule has 192 valence electrons. The SMILES string of the molecule is OB(O)c1cc(CCCCCCOc2ccccc2)c(Br)cc1CCCCCCOc1ccccc1. The van der Waals surface area contributed by atoms with Gasteiger partial charge in [0.2, 0.25) is 0 Å². The third-order valence-electron chi connectivity index (χ3n) is 6.29. The molecule has 0 aromatic heterocycles. The normalized spacial score (nSPS) is 10.9. The largest absolute Gasteiger partial charge is 0.494 e. The first-order chi connectivity index (χ1) is 17.6. The van der Waals surface area contributed by atoms with Gasteiger partial charge in [0, 0.05) is 4.47 Å². The number of benzene rings is 3. The van der Waals surface area contributed by atoms with Crippen LogP contribution >= 0.6 is 15.9 Å². The quantitative estimate of drug-likeness (QED) is 0.148. The molecule has 0 fully saturated rings. The molecule has 36 heavy (non-hydrogen) atoms. The molecule has 0 radical (unpaired) electrons. The molecular formula is C30H38BBrO4. The Bertz CT molecular complexity index is 999. The first-order valence-electron chi connectivity index (χ1n) is 13.2. The van der Waals surface area contributed by atoms with E-state index in [4.69, 9.17) is 9.47 Å². The van der Waals surface area contributed by atoms with E-state index in [1.165, 1.54) is 0 Å². The van der Waals surface area contributed by atoms with Crippen LogP contribution in [0.15, 0.2) is 77.3 Å². The van der Waals surface area contributed by atoms with Crippen LogP contribution in [-0.4, -0.2) is 30.4 Å². The maximum atomic E-state index is 9.97. The Morgan fingerprint density at radius 2 is 1.06 bits per heavy atom. The summed E-state index contributed by atoms with van der Waals surface area (Å²) < 4.78 is 12.6. The van der Waals surface area contributed by atoms with Crippen molar-refractivity contribution in [3.8, 4) is 11.5 Å². The summed E-state index contributed by atoms with van der Waals surface area (Å²) in [4.78, 5) is 0. The van der Waals surface area contributed by atoms with Gasteiger partial charge in [0.05, 0.1) is 13.2 Å². The molecule has 0 saturated heterocycles. The summed E-state index contributed by atoms with van der Waals surface area (Å²) in [5.74, 6) is 1.84. The highest BCUT2D eigenvalue weighted by molar-refractivity contribution is 9.10. The van der Waals surface area contributed by atoms with Crippen LogP contribution < -0.4 is 14.9 Å². The molecule has 0 aliphatic rings. The zero-order valence-corrected chi connectivity index (χ0v) is 22.7. The van der Waals surface area contributed by atoms with Crippen LogP contribution in [0.25, 0.3) is 0 Å². The fourth-order valence-corrected chi connectivity index (χ4v) is 4.87. The van der Waals surface area contributed by atoms with E-state index in [2.05, 4.69) is 22.0 Å². The highest BCUT2D eigenvalue weighted by Crippen LogP contribution is 2.22. The van der Waals surface area contributed by atoms with E-state index < -0.39 is 7.12 Å². The Morgan fingerprint density at radius 1 is 0.583 bits per heavy atom. The van der Waals surface area contributed by atoms with E-state index in [0.29, 0.717) is 5.46 Å². The van der Waals surface area contributed by atoms with Gasteiger partial charge in [-0.25, -0.2) is 0 Å². The van der Waals surface area contributed by atoms with Crippen LogP contribution in [0.2, 0.25) is 0 Å². The van der Waals surface area contributed by atoms with Gasteiger partial charge in [-0.2, -0.15) is 0 Å². The van der Waals surface area contributed by atoms with Gasteiger partial charge in [-0.15, -0.1) is 0 Å². The van der Waals surface area contributed by atoms with Crippen LogP contribution in [-0.2, 0) is 12.8 Å². The van der Waals surface area contributed by atoms with Crippen molar-refractivity contribution in [1.82, 2.24) is 0 Å². The Labute approximate surface area is 225 Å². The topological polar surface area (TPSA) is 58.9 Å². The predicted octanol–water partition coefficient (Wildman–Crippen LogP) is 6.49. The molecular weight excluding hydrogens is 515 g/mol. The Balaban J connectivity index is 1.34. The van der Waals surface area contributed by atoms with Gasteiger partial charge >= 0.3 is 7.12 Å². The van der Waals surface area contributed by atoms with Gasteiger partial charge in [0.25, 0.3) is 0 Å². The minimum Gasteiger partial charge on any atom is -0.494 e. The predicted molar refractivity (Wildman–Crippen MR) is 152 cm³/mol. The highest BCUT2D eigenvalue weighted by Gasteiger charge is 2.18. The zero-order valence-electron chi connectivity index (χ0n) is 21.1. The second-order valence-corrected chi connectivity index (χ2v) is 10.0. The van der Waals surface area contributed by atoms with Crippen molar-refractivity contribution in [2.45, 2.75) is 64.2 Å². The van der Waals surface area contributed by atoms with E-state index in [-0.39, 0.29) is 0 Å². The molecule has 0 amide bonds. The number of para-hydroxylation sites is 2. The van der Waals surface area contributed by atoms with Crippen LogP contribution in [0.1, 0.15) is 62.5 Å². The number of hydrogen-bond acceptors (Lipinski definition) is 4. The molecule has 2 N–H and O–H groups in total. The highest BCUT2D eigenvalue weighted by atomic mass is 79.9. The standard InChI is InChI=1S/C30H38BBrO4/c32-30-24-25(15-7-1-3-13-21-35-27-17-9-5-10-18-27)29(31(33)34)23-26(30)16-8-2-4-14-22-36-28-19-11-6-12-20-28/h5-6,9-12,17-20,23-24,33-34H,1-4,7-8,13-16,21-22H2. The summed E-state index contributed by atoms with van der Waals surface area (Å²) in [5.41, 5.74) is 2.79. The average molecular weight is 553 g/mol. The average Bonchev–Trinajstić information content (AvgIpc) is 2.89. The molecule has 3 aromatic rings. The summed E-state index contributed by atoms with van der Waals surface area (Å²) >= 11 is 3.72. The maximum Gasteiger partial charge on any atom is 0.488 e. The lowest BCUT2D eigenvalue weighted by molar-refractivity contribution is 0.304. The monoisotopic (exact) mass is 552 g/mol. The van der Waals surface area contributed by atoms with Gasteiger partial charge in [0.15, 0.2) is 0 Å². The molecule has 0 aliphatic heterocycles. The van der Waals surface area contributed by atoms with Crippen molar-refractivity contribution in [2.24, 2.45) is 0 Å². The van der Waals surface area contributed by atoms with Crippen LogP contribution in [0.3, 0.4) is 0 Å². The first-order valence-corrected chi connectivity index (χ1v) is 14.0. The number of halogens is 1. The van der Waals surface area contributed by atoms with Crippen molar-refractivity contribution in [1.29, 1.82) is 0 Å². The molecule has 0 unspecified atom stereocenters. The minimum atomic E-state index is -1.44. The lowest BCUT2D eigenvalue weighted by atomic mass is 9.75. The van der Waals surface area contributed by atoms with Gasteiger partial charge in [0.1, 0.15) is 11.5 Å². The lowest BCUT2D eigenvalue weighted by Crippen LogP contribution is -2.33. The molecule has 0 heterocycles. The summed E-state index contributed by atoms with van der Waals surface area (Å²) in [7, 11) is -1.44. The second kappa shape index (κ2) is 16.5. The summed E-state index contributed by atoms with van der Waals surface area (Å²) in [5, 5.41) is 19.9.